The maximum absolute atomic E-state index is 12.3. The summed E-state index contributed by atoms with van der Waals surface area (Å²) in [6, 6.07) is 0.218. The zero-order valence-electron chi connectivity index (χ0n) is 13.3. The van der Waals surface area contributed by atoms with Gasteiger partial charge in [0.1, 0.15) is 5.60 Å². The summed E-state index contributed by atoms with van der Waals surface area (Å²) < 4.78 is 5.50. The first kappa shape index (κ1) is 15.6. The Kier molecular flexibility index (Phi) is 4.04. The van der Waals surface area contributed by atoms with Crippen molar-refractivity contribution in [3.05, 3.63) is 0 Å². The summed E-state index contributed by atoms with van der Waals surface area (Å²) in [7, 11) is 0. The number of piperazine rings is 1. The molecule has 1 amide bonds. The minimum atomic E-state index is -0.462. The standard InChI is InChI=1S/C15H28N2O3/c1-11-8-16(15(10-18)6-7-15)9-12(2)17(11)13(19)20-14(3,4)5/h11-12,18H,6-10H2,1-5H3. The molecule has 5 heteroatoms. The molecule has 2 unspecified atom stereocenters. The van der Waals surface area contributed by atoms with Gasteiger partial charge in [-0.15, -0.1) is 0 Å². The van der Waals surface area contributed by atoms with Crippen LogP contribution in [0, 0.1) is 0 Å². The Labute approximate surface area is 121 Å². The highest BCUT2D eigenvalue weighted by atomic mass is 16.6. The SMILES string of the molecule is CC1CN(C2(CO)CC2)CC(C)N1C(=O)OC(C)(C)C. The lowest BCUT2D eigenvalue weighted by molar-refractivity contribution is -0.0317. The van der Waals surface area contributed by atoms with Crippen LogP contribution in [0.1, 0.15) is 47.5 Å². The molecule has 1 heterocycles. The van der Waals surface area contributed by atoms with Gasteiger partial charge in [-0.3, -0.25) is 4.90 Å². The first-order valence-electron chi connectivity index (χ1n) is 7.56. The number of carbonyl (C=O) groups is 1. The molecule has 0 bridgehead atoms. The topological polar surface area (TPSA) is 53.0 Å². The quantitative estimate of drug-likeness (QED) is 0.840. The number of rotatable bonds is 2. The molecule has 116 valence electrons. The number of ether oxygens (including phenoxy) is 1. The molecule has 1 N–H and O–H groups in total. The molecule has 1 aliphatic carbocycles. The monoisotopic (exact) mass is 284 g/mol. The highest BCUT2D eigenvalue weighted by molar-refractivity contribution is 5.69. The smallest absolute Gasteiger partial charge is 0.410 e. The molecule has 0 aromatic carbocycles. The number of nitrogens with zero attached hydrogens (tertiary/aromatic N) is 2. The lowest BCUT2D eigenvalue weighted by Crippen LogP contribution is -2.62. The van der Waals surface area contributed by atoms with Gasteiger partial charge in [-0.1, -0.05) is 0 Å². The Hall–Kier alpha value is -0.810. The van der Waals surface area contributed by atoms with Gasteiger partial charge in [-0.05, 0) is 47.5 Å². The molecule has 0 aromatic rings. The molecule has 5 nitrogen and oxygen atoms in total. The normalized spacial score (nSPS) is 30.2. The summed E-state index contributed by atoms with van der Waals surface area (Å²) in [6.45, 7) is 11.6. The number of carbonyl (C=O) groups excluding carboxylic acids is 1. The van der Waals surface area contributed by atoms with Gasteiger partial charge in [0.05, 0.1) is 6.61 Å². The fourth-order valence-electron chi connectivity index (χ4n) is 3.10. The first-order chi connectivity index (χ1) is 9.18. The molecule has 0 radical (unpaired) electrons. The van der Waals surface area contributed by atoms with E-state index in [1.807, 2.05) is 25.7 Å². The van der Waals surface area contributed by atoms with Crippen LogP contribution in [0.25, 0.3) is 0 Å². The second kappa shape index (κ2) is 5.19. The van der Waals surface area contributed by atoms with Crippen LogP contribution < -0.4 is 0 Å². The summed E-state index contributed by atoms with van der Waals surface area (Å²) >= 11 is 0. The van der Waals surface area contributed by atoms with Gasteiger partial charge in [0.2, 0.25) is 0 Å². The van der Waals surface area contributed by atoms with Crippen molar-refractivity contribution in [3.8, 4) is 0 Å². The molecule has 20 heavy (non-hydrogen) atoms. The molecule has 2 fully saturated rings. The van der Waals surface area contributed by atoms with Crippen LogP contribution in [0.2, 0.25) is 0 Å². The zero-order chi connectivity index (χ0) is 15.1. The van der Waals surface area contributed by atoms with Crippen LogP contribution in [0.15, 0.2) is 0 Å². The minimum absolute atomic E-state index is 0.0114. The first-order valence-corrected chi connectivity index (χ1v) is 7.56. The Morgan fingerprint density at radius 1 is 1.25 bits per heavy atom. The lowest BCUT2D eigenvalue weighted by Gasteiger charge is -2.47. The van der Waals surface area contributed by atoms with E-state index in [1.165, 1.54) is 0 Å². The summed E-state index contributed by atoms with van der Waals surface area (Å²) in [5.41, 5.74) is -0.473. The fourth-order valence-corrected chi connectivity index (χ4v) is 3.10. The average Bonchev–Trinajstić information content (AvgIpc) is 3.05. The van der Waals surface area contributed by atoms with E-state index >= 15 is 0 Å². The van der Waals surface area contributed by atoms with E-state index in [2.05, 4.69) is 18.7 Å². The van der Waals surface area contributed by atoms with Crippen LogP contribution in [-0.4, -0.2) is 63.9 Å². The van der Waals surface area contributed by atoms with Crippen molar-refractivity contribution in [2.24, 2.45) is 0 Å². The summed E-state index contributed by atoms with van der Waals surface area (Å²) in [5, 5.41) is 9.56. The van der Waals surface area contributed by atoms with Crippen LogP contribution in [0.3, 0.4) is 0 Å². The van der Waals surface area contributed by atoms with Crippen LogP contribution in [0.5, 0.6) is 0 Å². The molecule has 2 aliphatic rings. The number of aliphatic hydroxyl groups is 1. The van der Waals surface area contributed by atoms with Gasteiger partial charge in [0, 0.05) is 30.7 Å². The Balaban J connectivity index is 2.02. The summed E-state index contributed by atoms with van der Waals surface area (Å²) in [4.78, 5) is 16.5. The Bertz CT molecular complexity index is 362. The van der Waals surface area contributed by atoms with E-state index in [0.29, 0.717) is 0 Å². The largest absolute Gasteiger partial charge is 0.444 e. The lowest BCUT2D eigenvalue weighted by atomic mass is 10.1. The van der Waals surface area contributed by atoms with Crippen LogP contribution in [-0.2, 0) is 4.74 Å². The maximum Gasteiger partial charge on any atom is 0.410 e. The number of hydrogen-bond acceptors (Lipinski definition) is 4. The van der Waals surface area contributed by atoms with Gasteiger partial charge >= 0.3 is 6.09 Å². The molecule has 2 rings (SSSR count). The van der Waals surface area contributed by atoms with Crippen LogP contribution >= 0.6 is 0 Å². The molecule has 0 spiro atoms. The fraction of sp³-hybridized carbons (Fsp3) is 0.933. The number of aliphatic hydroxyl groups excluding tert-OH is 1. The molecule has 1 saturated heterocycles. The third-order valence-corrected chi connectivity index (χ3v) is 4.32. The van der Waals surface area contributed by atoms with E-state index in [0.717, 1.165) is 25.9 Å². The van der Waals surface area contributed by atoms with Gasteiger partial charge in [0.25, 0.3) is 0 Å². The van der Waals surface area contributed by atoms with Crippen molar-refractivity contribution in [1.29, 1.82) is 0 Å². The van der Waals surface area contributed by atoms with Crippen molar-refractivity contribution < 1.29 is 14.6 Å². The third-order valence-electron chi connectivity index (χ3n) is 4.32. The summed E-state index contributed by atoms with van der Waals surface area (Å²) in [5.74, 6) is 0. The molecule has 1 saturated carbocycles. The molecular weight excluding hydrogens is 256 g/mol. The predicted molar refractivity (Wildman–Crippen MR) is 77.6 cm³/mol. The van der Waals surface area contributed by atoms with Crippen molar-refractivity contribution in [2.75, 3.05) is 19.7 Å². The van der Waals surface area contributed by atoms with Gasteiger partial charge in [-0.25, -0.2) is 4.79 Å². The van der Waals surface area contributed by atoms with Gasteiger partial charge in [-0.2, -0.15) is 0 Å². The Morgan fingerprint density at radius 2 is 1.75 bits per heavy atom. The second-order valence-corrected chi connectivity index (χ2v) is 7.37. The van der Waals surface area contributed by atoms with Crippen molar-refractivity contribution in [1.82, 2.24) is 9.80 Å². The van der Waals surface area contributed by atoms with Crippen molar-refractivity contribution >= 4 is 6.09 Å². The minimum Gasteiger partial charge on any atom is -0.444 e. The third kappa shape index (κ3) is 3.09. The maximum atomic E-state index is 12.3. The van der Waals surface area contributed by atoms with Gasteiger partial charge < -0.3 is 14.7 Å². The molecule has 1 aliphatic heterocycles. The van der Waals surface area contributed by atoms with E-state index in [9.17, 15) is 9.90 Å². The van der Waals surface area contributed by atoms with E-state index in [4.69, 9.17) is 4.74 Å². The van der Waals surface area contributed by atoms with Crippen LogP contribution in [0.4, 0.5) is 4.79 Å². The second-order valence-electron chi connectivity index (χ2n) is 7.37. The highest BCUT2D eigenvalue weighted by Gasteiger charge is 2.50. The van der Waals surface area contributed by atoms with Gasteiger partial charge in [0.15, 0.2) is 0 Å². The predicted octanol–water partition coefficient (Wildman–Crippen LogP) is 1.84. The van der Waals surface area contributed by atoms with E-state index < -0.39 is 5.60 Å². The summed E-state index contributed by atoms with van der Waals surface area (Å²) in [6.07, 6.45) is 1.90. The molecular formula is C15H28N2O3. The average molecular weight is 284 g/mol. The van der Waals surface area contributed by atoms with E-state index in [1.54, 1.807) is 0 Å². The highest BCUT2D eigenvalue weighted by Crippen LogP contribution is 2.42. The molecule has 2 atom stereocenters. The number of amides is 1. The Morgan fingerprint density at radius 3 is 2.10 bits per heavy atom. The zero-order valence-corrected chi connectivity index (χ0v) is 13.3. The molecule has 0 aromatic heterocycles. The van der Waals surface area contributed by atoms with Crippen molar-refractivity contribution in [3.63, 3.8) is 0 Å². The number of hydrogen-bond donors (Lipinski definition) is 1. The van der Waals surface area contributed by atoms with E-state index in [-0.39, 0.29) is 30.3 Å². The van der Waals surface area contributed by atoms with Crippen molar-refractivity contribution in [2.45, 2.75) is 70.7 Å².